The van der Waals surface area contributed by atoms with Crippen molar-refractivity contribution in [2.45, 2.75) is 13.0 Å². The van der Waals surface area contributed by atoms with Crippen LogP contribution in [0.1, 0.15) is 21.5 Å². The van der Waals surface area contributed by atoms with Crippen LogP contribution in [0, 0.1) is 5.41 Å². The van der Waals surface area contributed by atoms with Gasteiger partial charge in [-0.05, 0) is 17.7 Å². The fraction of sp³-hybridized carbons (Fsp3) is 0.308. The summed E-state index contributed by atoms with van der Waals surface area (Å²) in [6, 6.07) is 4.85. The lowest BCUT2D eigenvalue weighted by Crippen LogP contribution is -2.34. The van der Waals surface area contributed by atoms with E-state index in [1.807, 2.05) is 0 Å². The predicted octanol–water partition coefficient (Wildman–Crippen LogP) is 1.41. The van der Waals surface area contributed by atoms with E-state index in [2.05, 4.69) is 10.4 Å². The first-order valence-corrected chi connectivity index (χ1v) is 6.11. The van der Waals surface area contributed by atoms with Crippen molar-refractivity contribution in [2.24, 2.45) is 4.99 Å². The molecule has 0 spiro atoms. The van der Waals surface area contributed by atoms with Crippen LogP contribution in [0.2, 0.25) is 0 Å². The van der Waals surface area contributed by atoms with Gasteiger partial charge in [-0.2, -0.15) is 8.78 Å². The lowest BCUT2D eigenvalue weighted by molar-refractivity contribution is 0.0706. The van der Waals surface area contributed by atoms with Crippen molar-refractivity contribution in [1.82, 2.24) is 10.4 Å². The summed E-state index contributed by atoms with van der Waals surface area (Å²) in [7, 11) is 3.00. The molecule has 0 saturated heterocycles. The number of amides is 1. The molecular formula is C13H14F2N4O2. The minimum atomic E-state index is -3.02. The molecule has 0 aromatic heterocycles. The van der Waals surface area contributed by atoms with Gasteiger partial charge in [0, 0.05) is 25.2 Å². The Kier molecular flexibility index (Phi) is 4.27. The number of nitrogens with zero attached hydrogens (tertiary/aromatic N) is 2. The molecule has 0 bridgehead atoms. The van der Waals surface area contributed by atoms with Crippen LogP contribution >= 0.6 is 0 Å². The van der Waals surface area contributed by atoms with Gasteiger partial charge < -0.3 is 4.74 Å². The number of hydrogen-bond acceptors (Lipinski definition) is 5. The van der Waals surface area contributed by atoms with Crippen molar-refractivity contribution in [1.29, 1.82) is 5.41 Å². The number of rotatable bonds is 3. The highest BCUT2D eigenvalue weighted by Gasteiger charge is 2.27. The maximum atomic E-state index is 12.3. The summed E-state index contributed by atoms with van der Waals surface area (Å²) in [5, 5.41) is 8.47. The first-order chi connectivity index (χ1) is 9.97. The number of benzene rings is 1. The molecule has 1 aliphatic heterocycles. The first-order valence-electron chi connectivity index (χ1n) is 6.11. The predicted molar refractivity (Wildman–Crippen MR) is 72.7 cm³/mol. The van der Waals surface area contributed by atoms with Gasteiger partial charge >= 0.3 is 6.43 Å². The maximum Gasteiger partial charge on any atom is 0.312 e. The average Bonchev–Trinajstić information content (AvgIpc) is 2.80. The Bertz CT molecular complexity index is 616. The van der Waals surface area contributed by atoms with E-state index < -0.39 is 12.3 Å². The van der Waals surface area contributed by atoms with Crippen LogP contribution in [0.3, 0.4) is 0 Å². The van der Waals surface area contributed by atoms with Crippen molar-refractivity contribution in [3.8, 4) is 0 Å². The zero-order valence-corrected chi connectivity index (χ0v) is 11.5. The van der Waals surface area contributed by atoms with Gasteiger partial charge in [-0.25, -0.2) is 5.43 Å². The number of alkyl halides is 2. The molecule has 2 rings (SSSR count). The van der Waals surface area contributed by atoms with Crippen LogP contribution < -0.4 is 5.43 Å². The molecule has 0 saturated carbocycles. The normalized spacial score (nSPS) is 14.6. The molecule has 1 aliphatic rings. The number of hydrazine groups is 1. The zero-order chi connectivity index (χ0) is 15.6. The summed E-state index contributed by atoms with van der Waals surface area (Å²) in [6.07, 6.45) is -3.02. The second-order valence-electron chi connectivity index (χ2n) is 4.28. The quantitative estimate of drug-likeness (QED) is 0.654. The number of halogens is 2. The molecule has 8 heteroatoms. The second-order valence-corrected chi connectivity index (χ2v) is 4.28. The SMILES string of the molecule is C/N=C(\OC(=N)C(F)F)c1ccc2c(c1)C(=O)N(NC)C2. The van der Waals surface area contributed by atoms with Crippen LogP contribution in [-0.4, -0.2) is 43.2 Å². The van der Waals surface area contributed by atoms with Gasteiger partial charge in [-0.15, -0.1) is 0 Å². The monoisotopic (exact) mass is 296 g/mol. The van der Waals surface area contributed by atoms with Crippen LogP contribution in [0.15, 0.2) is 23.2 Å². The van der Waals surface area contributed by atoms with E-state index in [0.717, 1.165) is 5.56 Å². The van der Waals surface area contributed by atoms with Crippen LogP contribution in [0.25, 0.3) is 0 Å². The molecule has 112 valence electrons. The Morgan fingerprint density at radius 3 is 2.81 bits per heavy atom. The third-order valence-corrected chi connectivity index (χ3v) is 3.04. The molecule has 2 N–H and O–H groups in total. The summed E-state index contributed by atoms with van der Waals surface area (Å²) in [4.78, 5) is 15.8. The molecule has 1 aromatic rings. The topological polar surface area (TPSA) is 77.8 Å². The summed E-state index contributed by atoms with van der Waals surface area (Å²) in [6.45, 7) is 0.428. The van der Waals surface area contributed by atoms with Gasteiger partial charge in [0.1, 0.15) is 0 Å². The summed E-state index contributed by atoms with van der Waals surface area (Å²) in [5.41, 5.74) is 4.40. The number of nitrogens with one attached hydrogen (secondary N) is 2. The molecule has 1 amide bonds. The van der Waals surface area contributed by atoms with E-state index >= 15 is 0 Å². The first kappa shape index (κ1) is 15.0. The number of hydrogen-bond donors (Lipinski definition) is 2. The van der Waals surface area contributed by atoms with E-state index in [1.54, 1.807) is 19.2 Å². The number of carbonyl (C=O) groups excluding carboxylic acids is 1. The Hall–Kier alpha value is -2.35. The van der Waals surface area contributed by atoms with Gasteiger partial charge in [-0.3, -0.25) is 20.2 Å². The highest BCUT2D eigenvalue weighted by Crippen LogP contribution is 2.23. The molecule has 1 heterocycles. The van der Waals surface area contributed by atoms with E-state index in [-0.39, 0.29) is 11.8 Å². The zero-order valence-electron chi connectivity index (χ0n) is 11.5. The molecule has 21 heavy (non-hydrogen) atoms. The second kappa shape index (κ2) is 5.96. The Labute approximate surface area is 119 Å². The molecular weight excluding hydrogens is 282 g/mol. The van der Waals surface area contributed by atoms with Crippen molar-refractivity contribution in [2.75, 3.05) is 14.1 Å². The van der Waals surface area contributed by atoms with E-state index in [0.29, 0.717) is 17.7 Å². The minimum absolute atomic E-state index is 0.126. The maximum absolute atomic E-state index is 12.3. The van der Waals surface area contributed by atoms with Gasteiger partial charge in [0.15, 0.2) is 0 Å². The fourth-order valence-electron chi connectivity index (χ4n) is 2.00. The number of carbonyl (C=O) groups is 1. The van der Waals surface area contributed by atoms with Gasteiger partial charge in [0.05, 0.1) is 6.54 Å². The molecule has 0 fully saturated rings. The molecule has 0 radical (unpaired) electrons. The van der Waals surface area contributed by atoms with Gasteiger partial charge in [0.2, 0.25) is 5.90 Å². The summed E-state index contributed by atoms with van der Waals surface area (Å²) < 4.78 is 29.4. The fourth-order valence-corrected chi connectivity index (χ4v) is 2.00. The van der Waals surface area contributed by atoms with Gasteiger partial charge in [-0.1, -0.05) is 6.07 Å². The van der Waals surface area contributed by atoms with Crippen molar-refractivity contribution in [3.63, 3.8) is 0 Å². The molecule has 1 aromatic carbocycles. The van der Waals surface area contributed by atoms with Crippen LogP contribution in [-0.2, 0) is 11.3 Å². The Morgan fingerprint density at radius 2 is 2.24 bits per heavy atom. The lowest BCUT2D eigenvalue weighted by Gasteiger charge is -2.12. The Balaban J connectivity index is 2.29. The van der Waals surface area contributed by atoms with Crippen LogP contribution in [0.4, 0.5) is 8.78 Å². The smallest absolute Gasteiger partial charge is 0.312 e. The highest BCUT2D eigenvalue weighted by atomic mass is 19.3. The lowest BCUT2D eigenvalue weighted by atomic mass is 10.1. The number of ether oxygens (including phenoxy) is 1. The third-order valence-electron chi connectivity index (χ3n) is 3.04. The third kappa shape index (κ3) is 2.89. The largest absolute Gasteiger partial charge is 0.419 e. The van der Waals surface area contributed by atoms with Crippen molar-refractivity contribution >= 4 is 17.7 Å². The Morgan fingerprint density at radius 1 is 1.52 bits per heavy atom. The van der Waals surface area contributed by atoms with E-state index in [1.165, 1.54) is 18.1 Å². The molecule has 0 aliphatic carbocycles. The molecule has 0 atom stereocenters. The van der Waals surface area contributed by atoms with Gasteiger partial charge in [0.25, 0.3) is 11.8 Å². The highest BCUT2D eigenvalue weighted by molar-refractivity contribution is 6.05. The van der Waals surface area contributed by atoms with Crippen molar-refractivity contribution < 1.29 is 18.3 Å². The standard InChI is InChI=1S/C13H14F2N4O2/c1-17-12(21-11(16)10(14)15)7-3-4-8-6-19(18-2)13(20)9(8)5-7/h3-5,10,16,18H,6H2,1-2H3/b16-11?,17-12-. The summed E-state index contributed by atoms with van der Waals surface area (Å²) in [5.74, 6) is -1.52. The summed E-state index contributed by atoms with van der Waals surface area (Å²) >= 11 is 0. The average molecular weight is 296 g/mol. The van der Waals surface area contributed by atoms with E-state index in [9.17, 15) is 13.6 Å². The molecule has 6 nitrogen and oxygen atoms in total. The molecule has 0 unspecified atom stereocenters. The number of fused-ring (bicyclic) bond motifs is 1. The van der Waals surface area contributed by atoms with Crippen molar-refractivity contribution in [3.05, 3.63) is 34.9 Å². The van der Waals surface area contributed by atoms with E-state index in [4.69, 9.17) is 10.1 Å². The minimum Gasteiger partial charge on any atom is -0.419 e. The number of aliphatic imine (C=N–C) groups is 1. The van der Waals surface area contributed by atoms with Crippen LogP contribution in [0.5, 0.6) is 0 Å².